The van der Waals surface area contributed by atoms with Gasteiger partial charge in [0.15, 0.2) is 0 Å². The number of benzene rings is 1. The molecule has 3 heteroatoms. The van der Waals surface area contributed by atoms with Crippen LogP contribution < -0.4 is 5.73 Å². The van der Waals surface area contributed by atoms with Gasteiger partial charge < -0.3 is 10.8 Å². The highest BCUT2D eigenvalue weighted by Gasteiger charge is 1.95. The zero-order valence-corrected chi connectivity index (χ0v) is 7.66. The van der Waals surface area contributed by atoms with Gasteiger partial charge in [-0.2, -0.15) is 0 Å². The number of carbonyl (C=O) groups excluding carboxylic acids is 1. The third-order valence-corrected chi connectivity index (χ3v) is 1.67. The molecule has 0 unspecified atom stereocenters. The molecule has 0 atom stereocenters. The minimum Gasteiger partial charge on any atom is -0.392 e. The van der Waals surface area contributed by atoms with Gasteiger partial charge in [0.05, 0.1) is 13.0 Å². The molecule has 3 nitrogen and oxygen atoms in total. The molecule has 0 aromatic heterocycles. The first-order valence-corrected chi connectivity index (χ1v) is 4.20. The van der Waals surface area contributed by atoms with Gasteiger partial charge in [0, 0.05) is 5.56 Å². The summed E-state index contributed by atoms with van der Waals surface area (Å²) >= 11 is 0. The summed E-state index contributed by atoms with van der Waals surface area (Å²) in [6.07, 6.45) is 0.0414. The largest absolute Gasteiger partial charge is 0.392 e. The Morgan fingerprint density at radius 2 is 2.14 bits per heavy atom. The van der Waals surface area contributed by atoms with E-state index in [0.29, 0.717) is 0 Å². The Kier molecular flexibility index (Phi) is 3.71. The van der Waals surface area contributed by atoms with Crippen molar-refractivity contribution < 1.29 is 9.90 Å². The minimum atomic E-state index is -0.445. The molecule has 0 heterocycles. The number of hydrogen-bond donors (Lipinski definition) is 2. The van der Waals surface area contributed by atoms with E-state index in [1.54, 1.807) is 12.1 Å². The number of primary amides is 1. The maximum absolute atomic E-state index is 10.4. The van der Waals surface area contributed by atoms with E-state index in [0.717, 1.165) is 11.1 Å². The van der Waals surface area contributed by atoms with Crippen LogP contribution in [0.4, 0.5) is 0 Å². The Balaban J connectivity index is 2.83. The fourth-order valence-electron chi connectivity index (χ4n) is 1.01. The van der Waals surface area contributed by atoms with E-state index in [4.69, 9.17) is 10.8 Å². The number of amides is 1. The highest BCUT2D eigenvalue weighted by Crippen LogP contribution is 2.06. The molecule has 0 aliphatic heterocycles. The molecular formula is C11H11NO2. The maximum Gasteiger partial charge on any atom is 0.229 e. The first-order valence-electron chi connectivity index (χ1n) is 4.20. The zero-order chi connectivity index (χ0) is 10.4. The molecule has 14 heavy (non-hydrogen) atoms. The highest BCUT2D eigenvalue weighted by molar-refractivity contribution is 5.76. The van der Waals surface area contributed by atoms with Crippen LogP contribution in [0.1, 0.15) is 17.5 Å². The number of aliphatic hydroxyl groups is 1. The van der Waals surface area contributed by atoms with Crippen molar-refractivity contribution in [3.05, 3.63) is 35.4 Å². The summed E-state index contributed by atoms with van der Waals surface area (Å²) in [6.45, 7) is -0.0541. The van der Waals surface area contributed by atoms with Crippen LogP contribution in [0, 0.1) is 11.8 Å². The molecule has 72 valence electrons. The molecule has 0 aliphatic rings. The molecular weight excluding hydrogens is 178 g/mol. The predicted molar refractivity (Wildman–Crippen MR) is 53.1 cm³/mol. The van der Waals surface area contributed by atoms with Crippen molar-refractivity contribution in [1.29, 1.82) is 0 Å². The average molecular weight is 189 g/mol. The summed E-state index contributed by atoms with van der Waals surface area (Å²) in [6, 6.07) is 7.23. The predicted octanol–water partition coefficient (Wildman–Crippen LogP) is 0.406. The van der Waals surface area contributed by atoms with Crippen molar-refractivity contribution in [1.82, 2.24) is 0 Å². The summed E-state index contributed by atoms with van der Waals surface area (Å²) in [4.78, 5) is 10.4. The van der Waals surface area contributed by atoms with Crippen LogP contribution in [-0.2, 0) is 11.4 Å². The van der Waals surface area contributed by atoms with Gasteiger partial charge in [0.25, 0.3) is 0 Å². The van der Waals surface area contributed by atoms with Crippen molar-refractivity contribution in [2.45, 2.75) is 13.0 Å². The first-order chi connectivity index (χ1) is 6.74. The van der Waals surface area contributed by atoms with Crippen molar-refractivity contribution in [3.63, 3.8) is 0 Å². The normalized spacial score (nSPS) is 8.93. The molecule has 0 aliphatic carbocycles. The molecule has 1 amide bonds. The lowest BCUT2D eigenvalue weighted by molar-refractivity contribution is -0.117. The molecule has 0 fully saturated rings. The van der Waals surface area contributed by atoms with Gasteiger partial charge in [-0.25, -0.2) is 0 Å². The van der Waals surface area contributed by atoms with E-state index in [-0.39, 0.29) is 13.0 Å². The molecule has 0 radical (unpaired) electrons. The van der Waals surface area contributed by atoms with Gasteiger partial charge in [0.2, 0.25) is 5.91 Å². The molecule has 1 rings (SSSR count). The van der Waals surface area contributed by atoms with E-state index in [1.807, 2.05) is 12.1 Å². The summed E-state index contributed by atoms with van der Waals surface area (Å²) in [5.74, 6) is 4.98. The highest BCUT2D eigenvalue weighted by atomic mass is 16.3. The Morgan fingerprint density at radius 3 is 2.79 bits per heavy atom. The van der Waals surface area contributed by atoms with Gasteiger partial charge in [-0.3, -0.25) is 4.79 Å². The topological polar surface area (TPSA) is 63.3 Å². The van der Waals surface area contributed by atoms with Gasteiger partial charge in [-0.05, 0) is 11.6 Å². The fraction of sp³-hybridized carbons (Fsp3) is 0.182. The third kappa shape index (κ3) is 2.92. The van der Waals surface area contributed by atoms with Crippen molar-refractivity contribution in [3.8, 4) is 11.8 Å². The second kappa shape index (κ2) is 5.05. The van der Waals surface area contributed by atoms with Crippen molar-refractivity contribution in [2.75, 3.05) is 0 Å². The molecule has 1 aromatic carbocycles. The quantitative estimate of drug-likeness (QED) is 0.662. The van der Waals surface area contributed by atoms with Crippen LogP contribution in [0.25, 0.3) is 0 Å². The summed E-state index contributed by atoms with van der Waals surface area (Å²) in [7, 11) is 0. The Hall–Kier alpha value is -1.79. The van der Waals surface area contributed by atoms with Gasteiger partial charge in [0.1, 0.15) is 0 Å². The van der Waals surface area contributed by atoms with Crippen LogP contribution in [0.5, 0.6) is 0 Å². The molecule has 1 aromatic rings. The van der Waals surface area contributed by atoms with Crippen LogP contribution in [-0.4, -0.2) is 11.0 Å². The molecule has 0 spiro atoms. The van der Waals surface area contributed by atoms with E-state index < -0.39 is 5.91 Å². The SMILES string of the molecule is NC(=O)CC#Cc1ccccc1CO. The lowest BCUT2D eigenvalue weighted by Crippen LogP contribution is -2.08. The molecule has 0 saturated heterocycles. The van der Waals surface area contributed by atoms with Crippen molar-refractivity contribution >= 4 is 5.91 Å². The van der Waals surface area contributed by atoms with Crippen LogP contribution >= 0.6 is 0 Å². The average Bonchev–Trinajstić information content (AvgIpc) is 2.18. The van der Waals surface area contributed by atoms with Gasteiger partial charge in [-0.1, -0.05) is 30.0 Å². The van der Waals surface area contributed by atoms with Gasteiger partial charge in [-0.15, -0.1) is 0 Å². The van der Waals surface area contributed by atoms with E-state index in [1.165, 1.54) is 0 Å². The Morgan fingerprint density at radius 1 is 1.43 bits per heavy atom. The lowest BCUT2D eigenvalue weighted by atomic mass is 10.1. The van der Waals surface area contributed by atoms with Crippen LogP contribution in [0.15, 0.2) is 24.3 Å². The zero-order valence-electron chi connectivity index (χ0n) is 7.66. The summed E-state index contributed by atoms with van der Waals surface area (Å²) < 4.78 is 0. The smallest absolute Gasteiger partial charge is 0.229 e. The van der Waals surface area contributed by atoms with E-state index in [2.05, 4.69) is 11.8 Å². The monoisotopic (exact) mass is 189 g/mol. The van der Waals surface area contributed by atoms with E-state index >= 15 is 0 Å². The second-order valence-corrected chi connectivity index (χ2v) is 2.76. The molecule has 0 saturated carbocycles. The number of aliphatic hydroxyl groups excluding tert-OH is 1. The summed E-state index contributed by atoms with van der Waals surface area (Å²) in [5.41, 5.74) is 6.42. The van der Waals surface area contributed by atoms with Gasteiger partial charge >= 0.3 is 0 Å². The standard InChI is InChI=1S/C11H11NO2/c12-11(14)7-3-6-9-4-1-2-5-10(9)8-13/h1-2,4-5,13H,7-8H2,(H2,12,14). The third-order valence-electron chi connectivity index (χ3n) is 1.67. The number of nitrogens with two attached hydrogens (primary N) is 1. The number of carbonyl (C=O) groups is 1. The number of hydrogen-bond acceptors (Lipinski definition) is 2. The second-order valence-electron chi connectivity index (χ2n) is 2.76. The Labute approximate surface area is 82.6 Å². The minimum absolute atomic E-state index is 0.0414. The van der Waals surface area contributed by atoms with Crippen LogP contribution in [0.3, 0.4) is 0 Å². The van der Waals surface area contributed by atoms with E-state index in [9.17, 15) is 4.79 Å². The molecule has 3 N–H and O–H groups in total. The number of rotatable bonds is 2. The Bertz CT molecular complexity index is 388. The molecule has 0 bridgehead atoms. The lowest BCUT2D eigenvalue weighted by Gasteiger charge is -1.98. The van der Waals surface area contributed by atoms with Crippen molar-refractivity contribution in [2.24, 2.45) is 5.73 Å². The van der Waals surface area contributed by atoms with Crippen LogP contribution in [0.2, 0.25) is 0 Å². The fourth-order valence-corrected chi connectivity index (χ4v) is 1.01. The first kappa shape index (κ1) is 10.3. The maximum atomic E-state index is 10.4. The summed E-state index contributed by atoms with van der Waals surface area (Å²) in [5, 5.41) is 8.97.